The van der Waals surface area contributed by atoms with E-state index in [1.54, 1.807) is 6.92 Å². The molecule has 0 unspecified atom stereocenters. The Morgan fingerprint density at radius 1 is 1.50 bits per heavy atom. The van der Waals surface area contributed by atoms with Crippen LogP contribution in [0.1, 0.15) is 36.3 Å². The number of aromatic nitrogens is 4. The highest BCUT2D eigenvalue weighted by atomic mass is 16.5. The molecule has 0 bridgehead atoms. The Kier molecular flexibility index (Phi) is 3.10. The minimum Gasteiger partial charge on any atom is -0.340 e. The van der Waals surface area contributed by atoms with Gasteiger partial charge in [0.2, 0.25) is 5.89 Å². The zero-order valence-electron chi connectivity index (χ0n) is 10.5. The van der Waals surface area contributed by atoms with Crippen LogP contribution in [-0.2, 0) is 13.0 Å². The van der Waals surface area contributed by atoms with Crippen molar-refractivity contribution in [2.75, 3.05) is 6.54 Å². The van der Waals surface area contributed by atoms with Crippen LogP contribution in [0.15, 0.2) is 17.0 Å². The molecule has 3 rings (SSSR count). The van der Waals surface area contributed by atoms with E-state index >= 15 is 0 Å². The predicted molar refractivity (Wildman–Crippen MR) is 64.9 cm³/mol. The van der Waals surface area contributed by atoms with Gasteiger partial charge in [0.1, 0.15) is 0 Å². The number of imidazole rings is 1. The third-order valence-corrected chi connectivity index (χ3v) is 3.09. The van der Waals surface area contributed by atoms with Gasteiger partial charge in [0.15, 0.2) is 5.82 Å². The first-order chi connectivity index (χ1) is 8.83. The summed E-state index contributed by atoms with van der Waals surface area (Å²) in [5.74, 6) is 1.38. The van der Waals surface area contributed by atoms with Crippen LogP contribution >= 0.6 is 0 Å². The molecule has 0 saturated heterocycles. The normalized spacial score (nSPS) is 15.2. The van der Waals surface area contributed by atoms with Crippen molar-refractivity contribution in [2.24, 2.45) is 0 Å². The first kappa shape index (κ1) is 11.4. The number of hydrogen-bond acceptors (Lipinski definition) is 5. The maximum atomic E-state index is 4.92. The summed E-state index contributed by atoms with van der Waals surface area (Å²) in [4.78, 5) is 8.37. The molecule has 0 spiro atoms. The van der Waals surface area contributed by atoms with Gasteiger partial charge in [-0.3, -0.25) is 0 Å². The highest BCUT2D eigenvalue weighted by Crippen LogP contribution is 2.35. The molecule has 1 saturated carbocycles. The number of nitrogens with zero attached hydrogens (tertiary/aromatic N) is 4. The quantitative estimate of drug-likeness (QED) is 0.778. The topological polar surface area (TPSA) is 68.8 Å². The lowest BCUT2D eigenvalue weighted by molar-refractivity contribution is 0.387. The fourth-order valence-electron chi connectivity index (χ4n) is 2.01. The van der Waals surface area contributed by atoms with Crippen molar-refractivity contribution in [2.45, 2.75) is 38.8 Å². The second-order valence-corrected chi connectivity index (χ2v) is 4.68. The molecule has 18 heavy (non-hydrogen) atoms. The Hall–Kier alpha value is -1.69. The molecule has 1 fully saturated rings. The zero-order chi connectivity index (χ0) is 12.4. The van der Waals surface area contributed by atoms with E-state index in [0.29, 0.717) is 11.9 Å². The molecule has 0 aliphatic heterocycles. The molecule has 2 aromatic rings. The molecule has 0 atom stereocenters. The fourth-order valence-corrected chi connectivity index (χ4v) is 2.01. The van der Waals surface area contributed by atoms with Crippen molar-refractivity contribution in [3.05, 3.63) is 29.9 Å². The first-order valence-corrected chi connectivity index (χ1v) is 6.33. The summed E-state index contributed by atoms with van der Waals surface area (Å²) in [6.45, 7) is 3.49. The van der Waals surface area contributed by atoms with Gasteiger partial charge in [-0.1, -0.05) is 5.16 Å². The van der Waals surface area contributed by atoms with E-state index < -0.39 is 0 Å². The van der Waals surface area contributed by atoms with Gasteiger partial charge in [-0.15, -0.1) is 0 Å². The Bertz CT molecular complexity index is 514. The second kappa shape index (κ2) is 4.89. The smallest absolute Gasteiger partial charge is 0.223 e. The third-order valence-electron chi connectivity index (χ3n) is 3.09. The molecule has 2 aromatic heterocycles. The van der Waals surface area contributed by atoms with Gasteiger partial charge < -0.3 is 14.4 Å². The van der Waals surface area contributed by atoms with Crippen molar-refractivity contribution in [1.29, 1.82) is 0 Å². The molecule has 6 nitrogen and oxygen atoms in total. The fraction of sp³-hybridized carbons (Fsp3) is 0.583. The summed E-state index contributed by atoms with van der Waals surface area (Å²) < 4.78 is 7.19. The molecular formula is C12H17N5O. The van der Waals surface area contributed by atoms with E-state index in [1.807, 2.05) is 12.5 Å². The van der Waals surface area contributed by atoms with Gasteiger partial charge in [-0.25, -0.2) is 4.98 Å². The van der Waals surface area contributed by atoms with Crippen molar-refractivity contribution >= 4 is 0 Å². The lowest BCUT2D eigenvalue weighted by Crippen LogP contribution is -2.19. The van der Waals surface area contributed by atoms with Crippen molar-refractivity contribution in [3.63, 3.8) is 0 Å². The van der Waals surface area contributed by atoms with Crippen LogP contribution in [0.5, 0.6) is 0 Å². The van der Waals surface area contributed by atoms with Crippen LogP contribution in [0, 0.1) is 6.92 Å². The zero-order valence-corrected chi connectivity index (χ0v) is 10.5. The van der Waals surface area contributed by atoms with Gasteiger partial charge in [0.25, 0.3) is 0 Å². The summed E-state index contributed by atoms with van der Waals surface area (Å²) in [7, 11) is 0. The molecule has 1 aliphatic carbocycles. The average molecular weight is 247 g/mol. The van der Waals surface area contributed by atoms with Crippen molar-refractivity contribution < 1.29 is 4.52 Å². The second-order valence-electron chi connectivity index (χ2n) is 4.68. The van der Waals surface area contributed by atoms with E-state index in [4.69, 9.17) is 4.52 Å². The average Bonchev–Trinajstić information content (AvgIpc) is 2.96. The molecule has 0 aromatic carbocycles. The summed E-state index contributed by atoms with van der Waals surface area (Å²) >= 11 is 0. The van der Waals surface area contributed by atoms with E-state index in [9.17, 15) is 0 Å². The number of nitrogens with one attached hydrogen (secondary N) is 1. The van der Waals surface area contributed by atoms with Gasteiger partial charge in [0.05, 0.1) is 12.0 Å². The van der Waals surface area contributed by atoms with Crippen LogP contribution in [0.4, 0.5) is 0 Å². The maximum Gasteiger partial charge on any atom is 0.223 e. The van der Waals surface area contributed by atoms with E-state index in [2.05, 4.69) is 25.0 Å². The monoisotopic (exact) mass is 247 g/mol. The number of hydrogen-bond donors (Lipinski definition) is 1. The Labute approximate surface area is 105 Å². The molecule has 0 amide bonds. The predicted octanol–water partition coefficient (Wildman–Crippen LogP) is 1.24. The molecule has 2 heterocycles. The summed E-state index contributed by atoms with van der Waals surface area (Å²) in [5, 5.41) is 7.25. The lowest BCUT2D eigenvalue weighted by atomic mass is 10.3. The molecule has 0 radical (unpaired) electrons. The minimum absolute atomic E-state index is 0.622. The van der Waals surface area contributed by atoms with Crippen molar-refractivity contribution in [3.8, 4) is 0 Å². The first-order valence-electron chi connectivity index (χ1n) is 6.33. The van der Waals surface area contributed by atoms with Gasteiger partial charge in [0, 0.05) is 38.7 Å². The van der Waals surface area contributed by atoms with E-state index in [0.717, 1.165) is 25.3 Å². The highest BCUT2D eigenvalue weighted by Gasteiger charge is 2.24. The highest BCUT2D eigenvalue weighted by molar-refractivity contribution is 5.03. The van der Waals surface area contributed by atoms with Crippen LogP contribution in [0.2, 0.25) is 0 Å². The standard InChI is InChI=1S/C12H17N5O/c1-9-15-12(16-18-9)4-5-13-6-11-7-14-8-17(11)10-2-3-10/h7-8,10,13H,2-6H2,1H3. The SMILES string of the molecule is Cc1nc(CCNCc2cncn2C2CC2)no1. The molecule has 1 aliphatic rings. The third kappa shape index (κ3) is 2.59. The van der Waals surface area contributed by atoms with Gasteiger partial charge in [-0.05, 0) is 12.8 Å². The Balaban J connectivity index is 1.45. The lowest BCUT2D eigenvalue weighted by Gasteiger charge is -2.06. The van der Waals surface area contributed by atoms with Crippen LogP contribution in [0.25, 0.3) is 0 Å². The molecular weight excluding hydrogens is 230 g/mol. The summed E-state index contributed by atoms with van der Waals surface area (Å²) in [6, 6.07) is 0.684. The van der Waals surface area contributed by atoms with Gasteiger partial charge >= 0.3 is 0 Å². The molecule has 96 valence electrons. The Morgan fingerprint density at radius 3 is 3.11 bits per heavy atom. The van der Waals surface area contributed by atoms with Crippen LogP contribution in [0.3, 0.4) is 0 Å². The minimum atomic E-state index is 0.622. The maximum absolute atomic E-state index is 4.92. The largest absolute Gasteiger partial charge is 0.340 e. The Morgan fingerprint density at radius 2 is 2.39 bits per heavy atom. The van der Waals surface area contributed by atoms with Crippen LogP contribution < -0.4 is 5.32 Å². The molecule has 1 N–H and O–H groups in total. The van der Waals surface area contributed by atoms with Crippen molar-refractivity contribution in [1.82, 2.24) is 25.0 Å². The number of rotatable bonds is 6. The summed E-state index contributed by atoms with van der Waals surface area (Å²) in [6.07, 6.45) is 7.22. The van der Waals surface area contributed by atoms with Gasteiger partial charge in [-0.2, -0.15) is 4.98 Å². The van der Waals surface area contributed by atoms with E-state index in [1.165, 1.54) is 18.5 Å². The molecule has 6 heteroatoms. The van der Waals surface area contributed by atoms with E-state index in [-0.39, 0.29) is 0 Å². The summed E-state index contributed by atoms with van der Waals surface area (Å²) in [5.41, 5.74) is 1.25. The number of aryl methyl sites for hydroxylation is 1. The van der Waals surface area contributed by atoms with Crippen LogP contribution in [-0.4, -0.2) is 26.2 Å².